The van der Waals surface area contributed by atoms with E-state index in [1.807, 2.05) is 0 Å². The van der Waals surface area contributed by atoms with Crippen molar-refractivity contribution < 1.29 is 28.3 Å². The highest BCUT2D eigenvalue weighted by atomic mass is 31.1. The van der Waals surface area contributed by atoms with Gasteiger partial charge < -0.3 is 18.9 Å². The average molecular weight is 644 g/mol. The predicted octanol–water partition coefficient (Wildman–Crippen LogP) is 12.0. The summed E-state index contributed by atoms with van der Waals surface area (Å²) in [5, 5.41) is 0. The van der Waals surface area contributed by atoms with Crippen molar-refractivity contribution in [3.05, 3.63) is 12.7 Å². The quantitative estimate of drug-likeness (QED) is 0.0293. The van der Waals surface area contributed by atoms with Gasteiger partial charge in [-0.15, -0.1) is 0 Å². The SMILES string of the molecule is C=CC(=O)[P+](=O)C(OCCCCCCCC)C(OCCCCCCCC)(OCCCCCCCC)OCCCCCCCC. The largest absolute Gasteiger partial charge is 0.460 e. The van der Waals surface area contributed by atoms with Gasteiger partial charge in [-0.2, -0.15) is 0 Å². The summed E-state index contributed by atoms with van der Waals surface area (Å²) in [6, 6.07) is 0. The monoisotopic (exact) mass is 644 g/mol. The zero-order valence-corrected chi connectivity index (χ0v) is 30.5. The molecule has 0 aliphatic rings. The van der Waals surface area contributed by atoms with Gasteiger partial charge in [0.25, 0.3) is 0 Å². The molecule has 0 N–H and O–H groups in total. The lowest BCUT2D eigenvalue weighted by Gasteiger charge is -2.34. The van der Waals surface area contributed by atoms with Crippen molar-refractivity contribution in [3.8, 4) is 0 Å². The van der Waals surface area contributed by atoms with Gasteiger partial charge in [0, 0.05) is 6.08 Å². The van der Waals surface area contributed by atoms with E-state index in [0.29, 0.717) is 26.4 Å². The maximum absolute atomic E-state index is 13.7. The first-order valence-corrected chi connectivity index (χ1v) is 20.0. The van der Waals surface area contributed by atoms with Crippen LogP contribution in [0.25, 0.3) is 0 Å². The molecule has 0 aromatic rings. The van der Waals surface area contributed by atoms with E-state index in [0.717, 1.165) is 83.1 Å². The van der Waals surface area contributed by atoms with Crippen LogP contribution in [0.2, 0.25) is 0 Å². The van der Waals surface area contributed by atoms with E-state index in [4.69, 9.17) is 18.9 Å². The summed E-state index contributed by atoms with van der Waals surface area (Å²) in [5.41, 5.74) is -0.549. The minimum atomic E-state index is -2.53. The van der Waals surface area contributed by atoms with Crippen LogP contribution in [0.3, 0.4) is 0 Å². The Labute approximate surface area is 274 Å². The summed E-state index contributed by atoms with van der Waals surface area (Å²) >= 11 is 0. The van der Waals surface area contributed by atoms with Gasteiger partial charge in [0.2, 0.25) is 0 Å². The second kappa shape index (κ2) is 32.3. The molecule has 7 heteroatoms. The molecule has 2 unspecified atom stereocenters. The highest BCUT2D eigenvalue weighted by molar-refractivity contribution is 7.64. The number of allylic oxidation sites excluding steroid dienone is 1. The van der Waals surface area contributed by atoms with Crippen LogP contribution >= 0.6 is 7.80 Å². The topological polar surface area (TPSA) is 71.1 Å². The zero-order valence-electron chi connectivity index (χ0n) is 29.6. The maximum Gasteiger partial charge on any atom is 0.460 e. The van der Waals surface area contributed by atoms with Gasteiger partial charge >= 0.3 is 25.1 Å². The summed E-state index contributed by atoms with van der Waals surface area (Å²) in [5.74, 6) is -2.82. The minimum absolute atomic E-state index is 0.380. The number of hydrogen-bond donors (Lipinski definition) is 0. The van der Waals surface area contributed by atoms with Crippen LogP contribution < -0.4 is 0 Å². The van der Waals surface area contributed by atoms with Gasteiger partial charge in [0.1, 0.15) is 0 Å². The van der Waals surface area contributed by atoms with E-state index in [1.165, 1.54) is 77.0 Å². The molecular formula is C37H72O6P+. The van der Waals surface area contributed by atoms with Crippen LogP contribution in [-0.2, 0) is 28.3 Å². The third kappa shape index (κ3) is 22.8. The fraction of sp³-hybridized carbons (Fsp3) is 0.919. The fourth-order valence-corrected chi connectivity index (χ4v) is 6.39. The molecule has 0 amide bonds. The van der Waals surface area contributed by atoms with Crippen LogP contribution in [0.4, 0.5) is 0 Å². The smallest absolute Gasteiger partial charge is 0.328 e. The molecule has 0 heterocycles. The van der Waals surface area contributed by atoms with Gasteiger partial charge in [0.15, 0.2) is 0 Å². The van der Waals surface area contributed by atoms with Crippen molar-refractivity contribution >= 4 is 13.3 Å². The molecule has 0 bridgehead atoms. The molecule has 0 aromatic carbocycles. The molecule has 0 saturated heterocycles. The van der Waals surface area contributed by atoms with Crippen LogP contribution in [-0.4, -0.2) is 43.8 Å². The Morgan fingerprint density at radius 2 is 0.841 bits per heavy atom. The average Bonchev–Trinajstić information content (AvgIpc) is 3.03. The molecule has 0 rings (SSSR count). The van der Waals surface area contributed by atoms with E-state index in [1.54, 1.807) is 0 Å². The van der Waals surface area contributed by atoms with Crippen LogP contribution in [0.5, 0.6) is 0 Å². The minimum Gasteiger partial charge on any atom is -0.328 e. The Kier molecular flexibility index (Phi) is 31.8. The van der Waals surface area contributed by atoms with Crippen molar-refractivity contribution in [3.63, 3.8) is 0 Å². The molecule has 0 saturated carbocycles. The molecule has 44 heavy (non-hydrogen) atoms. The van der Waals surface area contributed by atoms with Gasteiger partial charge in [-0.1, -0.05) is 167 Å². The molecular weight excluding hydrogens is 571 g/mol. The second-order valence-electron chi connectivity index (χ2n) is 12.3. The van der Waals surface area contributed by atoms with Crippen molar-refractivity contribution in [2.75, 3.05) is 26.4 Å². The number of carbonyl (C=O) groups excluding carboxylic acids is 1. The number of rotatable bonds is 36. The predicted molar refractivity (Wildman–Crippen MR) is 187 cm³/mol. The molecule has 260 valence electrons. The van der Waals surface area contributed by atoms with Gasteiger partial charge in [-0.3, -0.25) is 0 Å². The van der Waals surface area contributed by atoms with Crippen molar-refractivity contribution in [1.29, 1.82) is 0 Å². The first-order chi connectivity index (χ1) is 21.5. The summed E-state index contributed by atoms with van der Waals surface area (Å²) in [6.45, 7) is 14.1. The number of carbonyl (C=O) groups is 1. The second-order valence-corrected chi connectivity index (χ2v) is 13.9. The molecule has 2 atom stereocenters. The van der Waals surface area contributed by atoms with Crippen LogP contribution in [0, 0.1) is 0 Å². The number of hydrogen-bond acceptors (Lipinski definition) is 6. The van der Waals surface area contributed by atoms with Gasteiger partial charge in [-0.05, 0) is 25.7 Å². The lowest BCUT2D eigenvalue weighted by Crippen LogP contribution is -2.51. The van der Waals surface area contributed by atoms with Crippen molar-refractivity contribution in [1.82, 2.24) is 0 Å². The third-order valence-corrected chi connectivity index (χ3v) is 9.59. The highest BCUT2D eigenvalue weighted by Gasteiger charge is 2.58. The van der Waals surface area contributed by atoms with Crippen LogP contribution in [0.1, 0.15) is 182 Å². The molecule has 0 radical (unpaired) electrons. The first kappa shape index (κ1) is 43.4. The summed E-state index contributed by atoms with van der Waals surface area (Å²) in [4.78, 5) is 12.8. The Hall–Kier alpha value is -0.650. The Morgan fingerprint density at radius 1 is 0.545 bits per heavy atom. The fourth-order valence-electron chi connectivity index (χ4n) is 5.23. The Bertz CT molecular complexity index is 625. The van der Waals surface area contributed by atoms with E-state index < -0.39 is 25.1 Å². The maximum atomic E-state index is 13.7. The standard InChI is InChI=1S/C37H72O6P/c1-6-11-15-19-23-27-31-40-36(44(39)35(38)10-5)37(41-32-28-24-20-16-12-7-2,42-33-29-25-21-17-13-8-3)43-34-30-26-22-18-14-9-4/h10,36H,5-9,11-34H2,1-4H3/q+1. The molecule has 0 aromatic heterocycles. The van der Waals surface area contributed by atoms with Crippen LogP contribution in [0.15, 0.2) is 12.7 Å². The summed E-state index contributed by atoms with van der Waals surface area (Å²) < 4.78 is 39.4. The molecule has 0 spiro atoms. The van der Waals surface area contributed by atoms with E-state index in [-0.39, 0.29) is 0 Å². The molecule has 0 aliphatic heterocycles. The molecule has 0 fully saturated rings. The van der Waals surface area contributed by atoms with E-state index in [2.05, 4.69) is 34.3 Å². The first-order valence-electron chi connectivity index (χ1n) is 18.7. The zero-order chi connectivity index (χ0) is 32.6. The van der Waals surface area contributed by atoms with E-state index in [9.17, 15) is 9.36 Å². The molecule has 6 nitrogen and oxygen atoms in total. The lowest BCUT2D eigenvalue weighted by molar-refractivity contribution is -0.404. The lowest BCUT2D eigenvalue weighted by atomic mass is 10.1. The van der Waals surface area contributed by atoms with Crippen molar-refractivity contribution in [2.24, 2.45) is 0 Å². The number of ether oxygens (including phenoxy) is 4. The summed E-state index contributed by atoms with van der Waals surface area (Å²) in [7, 11) is -2.53. The van der Waals surface area contributed by atoms with Crippen molar-refractivity contribution in [2.45, 2.75) is 194 Å². The molecule has 0 aliphatic carbocycles. The third-order valence-electron chi connectivity index (χ3n) is 8.08. The Morgan fingerprint density at radius 3 is 1.16 bits per heavy atom. The van der Waals surface area contributed by atoms with E-state index >= 15 is 0 Å². The van der Waals surface area contributed by atoms with Gasteiger partial charge in [-0.25, -0.2) is 4.79 Å². The Balaban J connectivity index is 5.81. The summed E-state index contributed by atoms with van der Waals surface area (Å²) in [6.07, 6.45) is 27.9. The van der Waals surface area contributed by atoms with Gasteiger partial charge in [0.05, 0.1) is 26.4 Å². The highest BCUT2D eigenvalue weighted by Crippen LogP contribution is 2.42. The number of unbranched alkanes of at least 4 members (excludes halogenated alkanes) is 20. The normalized spacial score (nSPS) is 12.9.